The number of phenols is 1. The van der Waals surface area contributed by atoms with E-state index in [1.165, 1.54) is 24.3 Å². The van der Waals surface area contributed by atoms with Crippen molar-refractivity contribution in [2.24, 2.45) is 0 Å². The molecule has 0 aromatic heterocycles. The number of amides is 2. The smallest absolute Gasteiger partial charge is 0.323 e. The van der Waals surface area contributed by atoms with Crippen molar-refractivity contribution in [3.05, 3.63) is 53.3 Å². The first-order valence-corrected chi connectivity index (χ1v) is 6.09. The fraction of sp³-hybridized carbons (Fsp3) is 0.133. The molecule has 0 fully saturated rings. The van der Waals surface area contributed by atoms with Gasteiger partial charge in [-0.1, -0.05) is 0 Å². The van der Waals surface area contributed by atoms with Gasteiger partial charge < -0.3 is 15.7 Å². The van der Waals surface area contributed by atoms with Crippen molar-refractivity contribution in [2.75, 3.05) is 10.6 Å². The summed E-state index contributed by atoms with van der Waals surface area (Å²) >= 11 is 0. The number of hydrogen-bond donors (Lipinski definition) is 3. The van der Waals surface area contributed by atoms with Crippen LogP contribution in [0.1, 0.15) is 11.1 Å². The molecule has 0 aliphatic carbocycles. The quantitative estimate of drug-likeness (QED) is 0.729. The van der Waals surface area contributed by atoms with Gasteiger partial charge in [0, 0.05) is 11.4 Å². The second kappa shape index (κ2) is 5.61. The van der Waals surface area contributed by atoms with E-state index in [0.29, 0.717) is 16.9 Å². The molecular weight excluding hydrogens is 259 g/mol. The third-order valence-corrected chi connectivity index (χ3v) is 2.89. The first kappa shape index (κ1) is 13.9. The van der Waals surface area contributed by atoms with E-state index in [0.717, 1.165) is 5.56 Å². The molecule has 0 aliphatic heterocycles. The van der Waals surface area contributed by atoms with E-state index in [9.17, 15) is 14.3 Å². The van der Waals surface area contributed by atoms with E-state index in [4.69, 9.17) is 0 Å². The number of halogens is 1. The van der Waals surface area contributed by atoms with Crippen LogP contribution >= 0.6 is 0 Å². The number of aromatic hydroxyl groups is 1. The normalized spacial score (nSPS) is 10.2. The number of aryl methyl sites for hydroxylation is 2. The van der Waals surface area contributed by atoms with Gasteiger partial charge in [-0.3, -0.25) is 0 Å². The van der Waals surface area contributed by atoms with E-state index in [1.807, 2.05) is 0 Å². The average Bonchev–Trinajstić information content (AvgIpc) is 2.39. The maximum Gasteiger partial charge on any atom is 0.323 e. The van der Waals surface area contributed by atoms with Crippen molar-refractivity contribution in [3.8, 4) is 5.75 Å². The van der Waals surface area contributed by atoms with E-state index in [2.05, 4.69) is 10.6 Å². The summed E-state index contributed by atoms with van der Waals surface area (Å²) in [6, 6.07) is 8.34. The lowest BCUT2D eigenvalue weighted by atomic mass is 10.1. The summed E-state index contributed by atoms with van der Waals surface area (Å²) in [6.45, 7) is 3.53. The van der Waals surface area contributed by atoms with Crippen LogP contribution in [0.5, 0.6) is 5.75 Å². The maximum absolute atomic E-state index is 12.8. The van der Waals surface area contributed by atoms with Crippen LogP contribution in [0.15, 0.2) is 36.4 Å². The number of benzene rings is 2. The third kappa shape index (κ3) is 3.26. The highest BCUT2D eigenvalue weighted by molar-refractivity contribution is 6.00. The van der Waals surface area contributed by atoms with Crippen molar-refractivity contribution in [1.29, 1.82) is 0 Å². The van der Waals surface area contributed by atoms with E-state index < -0.39 is 6.03 Å². The molecule has 20 heavy (non-hydrogen) atoms. The predicted octanol–water partition coefficient (Wildman–Crippen LogP) is 3.79. The first-order chi connectivity index (χ1) is 9.45. The molecule has 0 saturated carbocycles. The number of anilines is 2. The highest BCUT2D eigenvalue weighted by Gasteiger charge is 2.07. The van der Waals surface area contributed by atoms with E-state index >= 15 is 0 Å². The van der Waals surface area contributed by atoms with Gasteiger partial charge in [0.25, 0.3) is 0 Å². The molecule has 0 saturated heterocycles. The SMILES string of the molecule is Cc1cc(NC(=O)Nc2ccc(F)cc2)c(C)cc1O. The zero-order chi connectivity index (χ0) is 14.7. The van der Waals surface area contributed by atoms with Gasteiger partial charge in [-0.25, -0.2) is 9.18 Å². The van der Waals surface area contributed by atoms with Crippen LogP contribution in [0.3, 0.4) is 0 Å². The Hall–Kier alpha value is -2.56. The van der Waals surface area contributed by atoms with Crippen molar-refractivity contribution in [2.45, 2.75) is 13.8 Å². The second-order valence-corrected chi connectivity index (χ2v) is 4.54. The van der Waals surface area contributed by atoms with Gasteiger partial charge in [0.2, 0.25) is 0 Å². The van der Waals surface area contributed by atoms with Gasteiger partial charge in [0.05, 0.1) is 0 Å². The average molecular weight is 274 g/mol. The maximum atomic E-state index is 12.8. The van der Waals surface area contributed by atoms with Crippen LogP contribution in [0.4, 0.5) is 20.6 Å². The standard InChI is InChI=1S/C15H15FN2O2/c1-9-8-14(19)10(2)7-13(9)18-15(20)17-12-5-3-11(16)4-6-12/h3-8,19H,1-2H3,(H2,17,18,20). The Balaban J connectivity index is 2.08. The molecule has 3 N–H and O–H groups in total. The Labute approximate surface area is 116 Å². The molecule has 0 aliphatic rings. The van der Waals surface area contributed by atoms with Crippen molar-refractivity contribution in [3.63, 3.8) is 0 Å². The zero-order valence-electron chi connectivity index (χ0n) is 11.2. The Bertz CT molecular complexity index is 639. The van der Waals surface area contributed by atoms with Crippen LogP contribution in [0, 0.1) is 19.7 Å². The number of phenolic OH excluding ortho intramolecular Hbond substituents is 1. The molecule has 2 amide bonds. The van der Waals surface area contributed by atoms with Crippen molar-refractivity contribution < 1.29 is 14.3 Å². The van der Waals surface area contributed by atoms with Crippen LogP contribution in [0.2, 0.25) is 0 Å². The summed E-state index contributed by atoms with van der Waals surface area (Å²) < 4.78 is 12.8. The number of hydrogen-bond acceptors (Lipinski definition) is 2. The molecular formula is C15H15FN2O2. The summed E-state index contributed by atoms with van der Waals surface area (Å²) in [4.78, 5) is 11.8. The minimum Gasteiger partial charge on any atom is -0.508 e. The Kier molecular flexibility index (Phi) is 3.89. The number of carbonyl (C=O) groups is 1. The lowest BCUT2D eigenvalue weighted by Crippen LogP contribution is -2.20. The highest BCUT2D eigenvalue weighted by Crippen LogP contribution is 2.25. The Morgan fingerprint density at radius 3 is 2.35 bits per heavy atom. The van der Waals surface area contributed by atoms with Gasteiger partial charge in [0.15, 0.2) is 0 Å². The fourth-order valence-corrected chi connectivity index (χ4v) is 1.75. The Morgan fingerprint density at radius 1 is 1.05 bits per heavy atom. The van der Waals surface area contributed by atoms with Crippen LogP contribution in [-0.4, -0.2) is 11.1 Å². The zero-order valence-corrected chi connectivity index (χ0v) is 11.2. The molecule has 0 unspecified atom stereocenters. The Morgan fingerprint density at radius 2 is 1.70 bits per heavy atom. The van der Waals surface area contributed by atoms with Crippen molar-refractivity contribution >= 4 is 17.4 Å². The summed E-state index contributed by atoms with van der Waals surface area (Å²) in [5.74, 6) is -0.173. The van der Waals surface area contributed by atoms with Crippen LogP contribution < -0.4 is 10.6 Å². The van der Waals surface area contributed by atoms with Crippen LogP contribution in [-0.2, 0) is 0 Å². The van der Waals surface area contributed by atoms with Crippen LogP contribution in [0.25, 0.3) is 0 Å². The predicted molar refractivity (Wildman–Crippen MR) is 76.6 cm³/mol. The van der Waals surface area contributed by atoms with Gasteiger partial charge >= 0.3 is 6.03 Å². The topological polar surface area (TPSA) is 61.4 Å². The minimum absolute atomic E-state index is 0.187. The van der Waals surface area contributed by atoms with Gasteiger partial charge in [0.1, 0.15) is 11.6 Å². The lowest BCUT2D eigenvalue weighted by Gasteiger charge is -2.11. The molecule has 5 heteroatoms. The lowest BCUT2D eigenvalue weighted by molar-refractivity contribution is 0.262. The first-order valence-electron chi connectivity index (χ1n) is 6.09. The number of carbonyl (C=O) groups excluding carboxylic acids is 1. The van der Waals surface area contributed by atoms with Gasteiger partial charge in [-0.05, 0) is 61.4 Å². The third-order valence-electron chi connectivity index (χ3n) is 2.89. The number of urea groups is 1. The summed E-state index contributed by atoms with van der Waals surface area (Å²) in [5.41, 5.74) is 2.53. The molecule has 0 atom stereocenters. The highest BCUT2D eigenvalue weighted by atomic mass is 19.1. The summed E-state index contributed by atoms with van der Waals surface area (Å²) in [5, 5.41) is 14.8. The molecule has 4 nitrogen and oxygen atoms in total. The molecule has 0 bridgehead atoms. The molecule has 2 aromatic rings. The largest absolute Gasteiger partial charge is 0.508 e. The molecule has 0 spiro atoms. The van der Waals surface area contributed by atoms with E-state index in [-0.39, 0.29) is 11.6 Å². The second-order valence-electron chi connectivity index (χ2n) is 4.54. The number of rotatable bonds is 2. The number of nitrogens with one attached hydrogen (secondary N) is 2. The molecule has 2 aromatic carbocycles. The van der Waals surface area contributed by atoms with Gasteiger partial charge in [-0.15, -0.1) is 0 Å². The summed E-state index contributed by atoms with van der Waals surface area (Å²) in [7, 11) is 0. The monoisotopic (exact) mass is 274 g/mol. The van der Waals surface area contributed by atoms with E-state index in [1.54, 1.807) is 26.0 Å². The molecule has 104 valence electrons. The van der Waals surface area contributed by atoms with Crippen molar-refractivity contribution in [1.82, 2.24) is 0 Å². The summed E-state index contributed by atoms with van der Waals surface area (Å²) in [6.07, 6.45) is 0. The molecule has 0 radical (unpaired) electrons. The molecule has 0 heterocycles. The minimum atomic E-state index is -0.426. The fourth-order valence-electron chi connectivity index (χ4n) is 1.75. The molecule has 2 rings (SSSR count). The van der Waals surface area contributed by atoms with Gasteiger partial charge in [-0.2, -0.15) is 0 Å².